The number of hydrogen-bond acceptors (Lipinski definition) is 1. The van der Waals surface area contributed by atoms with Crippen LogP contribution in [-0.4, -0.2) is 24.5 Å². The standard InChI is InChI=1S/C14H27N/c1-2-15(11-13-7-3-4-8-13)12-14-9-5-6-10-14/h13-14H,2-12H2,1H3. The smallest absolute Gasteiger partial charge is 0.000966 e. The van der Waals surface area contributed by atoms with Crippen molar-refractivity contribution in [2.45, 2.75) is 58.3 Å². The second-order valence-corrected chi connectivity index (χ2v) is 5.65. The third-order valence-electron chi connectivity index (χ3n) is 4.43. The van der Waals surface area contributed by atoms with E-state index < -0.39 is 0 Å². The second kappa shape index (κ2) is 5.89. The Morgan fingerprint density at radius 1 is 0.800 bits per heavy atom. The van der Waals surface area contributed by atoms with Gasteiger partial charge in [0.15, 0.2) is 0 Å². The van der Waals surface area contributed by atoms with E-state index in [1.807, 2.05) is 0 Å². The summed E-state index contributed by atoms with van der Waals surface area (Å²) in [6.45, 7) is 6.40. The summed E-state index contributed by atoms with van der Waals surface area (Å²) in [5.74, 6) is 2.07. The fourth-order valence-corrected chi connectivity index (χ4v) is 3.45. The lowest BCUT2D eigenvalue weighted by Crippen LogP contribution is -2.32. The van der Waals surface area contributed by atoms with Crippen LogP contribution in [0.2, 0.25) is 0 Å². The highest BCUT2D eigenvalue weighted by Gasteiger charge is 2.21. The Morgan fingerprint density at radius 3 is 1.53 bits per heavy atom. The molecule has 0 spiro atoms. The van der Waals surface area contributed by atoms with Crippen molar-refractivity contribution in [2.24, 2.45) is 11.8 Å². The van der Waals surface area contributed by atoms with Gasteiger partial charge in [0, 0.05) is 13.1 Å². The molecule has 0 bridgehead atoms. The van der Waals surface area contributed by atoms with Crippen LogP contribution in [0.25, 0.3) is 0 Å². The summed E-state index contributed by atoms with van der Waals surface area (Å²) in [5, 5.41) is 0. The minimum absolute atomic E-state index is 1.03. The van der Waals surface area contributed by atoms with E-state index in [0.717, 1.165) is 11.8 Å². The van der Waals surface area contributed by atoms with Crippen LogP contribution in [0.4, 0.5) is 0 Å². The molecule has 0 aromatic heterocycles. The molecular formula is C14H27N. The summed E-state index contributed by atoms with van der Waals surface area (Å²) in [6, 6.07) is 0. The van der Waals surface area contributed by atoms with E-state index >= 15 is 0 Å². The maximum Gasteiger partial charge on any atom is 0.000966 e. The minimum Gasteiger partial charge on any atom is -0.303 e. The predicted molar refractivity (Wildman–Crippen MR) is 66.0 cm³/mol. The highest BCUT2D eigenvalue weighted by molar-refractivity contribution is 4.75. The molecular weight excluding hydrogens is 182 g/mol. The number of nitrogens with zero attached hydrogens (tertiary/aromatic N) is 1. The van der Waals surface area contributed by atoms with Crippen LogP contribution in [0.5, 0.6) is 0 Å². The molecule has 0 N–H and O–H groups in total. The van der Waals surface area contributed by atoms with Gasteiger partial charge in [0.25, 0.3) is 0 Å². The van der Waals surface area contributed by atoms with Gasteiger partial charge in [-0.15, -0.1) is 0 Å². The van der Waals surface area contributed by atoms with Crippen LogP contribution < -0.4 is 0 Å². The normalized spacial score (nSPS) is 24.4. The Bertz CT molecular complexity index is 148. The Balaban J connectivity index is 1.70. The van der Waals surface area contributed by atoms with E-state index in [9.17, 15) is 0 Å². The first-order valence-electron chi connectivity index (χ1n) is 7.11. The lowest BCUT2D eigenvalue weighted by atomic mass is 10.0. The Morgan fingerprint density at radius 2 is 1.20 bits per heavy atom. The quantitative estimate of drug-likeness (QED) is 0.667. The van der Waals surface area contributed by atoms with Crippen molar-refractivity contribution in [3.8, 4) is 0 Å². The molecule has 0 aliphatic heterocycles. The fraction of sp³-hybridized carbons (Fsp3) is 1.00. The monoisotopic (exact) mass is 209 g/mol. The lowest BCUT2D eigenvalue weighted by Gasteiger charge is -2.26. The van der Waals surface area contributed by atoms with Gasteiger partial charge in [0.05, 0.1) is 0 Å². The summed E-state index contributed by atoms with van der Waals surface area (Å²) in [4.78, 5) is 2.73. The average Bonchev–Trinajstić information content (AvgIpc) is 2.89. The van der Waals surface area contributed by atoms with Gasteiger partial charge in [-0.2, -0.15) is 0 Å². The topological polar surface area (TPSA) is 3.24 Å². The summed E-state index contributed by atoms with van der Waals surface area (Å²) in [5.41, 5.74) is 0. The summed E-state index contributed by atoms with van der Waals surface area (Å²) in [6.07, 6.45) is 12.0. The van der Waals surface area contributed by atoms with Gasteiger partial charge in [-0.3, -0.25) is 0 Å². The van der Waals surface area contributed by atoms with Crippen LogP contribution >= 0.6 is 0 Å². The Hall–Kier alpha value is -0.0400. The van der Waals surface area contributed by atoms with Gasteiger partial charge < -0.3 is 4.90 Å². The molecule has 0 atom stereocenters. The highest BCUT2D eigenvalue weighted by Crippen LogP contribution is 2.28. The van der Waals surface area contributed by atoms with Crippen LogP contribution in [0.1, 0.15) is 58.3 Å². The van der Waals surface area contributed by atoms with E-state index in [0.29, 0.717) is 0 Å². The van der Waals surface area contributed by atoms with Crippen molar-refractivity contribution in [3.05, 3.63) is 0 Å². The van der Waals surface area contributed by atoms with Crippen LogP contribution in [0.15, 0.2) is 0 Å². The van der Waals surface area contributed by atoms with Gasteiger partial charge in [-0.05, 0) is 44.1 Å². The summed E-state index contributed by atoms with van der Waals surface area (Å²) < 4.78 is 0. The zero-order valence-electron chi connectivity index (χ0n) is 10.4. The molecule has 2 aliphatic rings. The van der Waals surface area contributed by atoms with Gasteiger partial charge in [0.2, 0.25) is 0 Å². The molecule has 2 saturated carbocycles. The summed E-state index contributed by atoms with van der Waals surface area (Å²) >= 11 is 0. The molecule has 0 heterocycles. The van der Waals surface area contributed by atoms with Gasteiger partial charge >= 0.3 is 0 Å². The van der Waals surface area contributed by atoms with E-state index in [-0.39, 0.29) is 0 Å². The zero-order chi connectivity index (χ0) is 10.5. The molecule has 2 rings (SSSR count). The summed E-state index contributed by atoms with van der Waals surface area (Å²) in [7, 11) is 0. The van der Waals surface area contributed by atoms with Crippen molar-refractivity contribution in [1.29, 1.82) is 0 Å². The minimum atomic E-state index is 1.03. The van der Waals surface area contributed by atoms with Crippen LogP contribution in [-0.2, 0) is 0 Å². The van der Waals surface area contributed by atoms with Crippen molar-refractivity contribution in [1.82, 2.24) is 4.90 Å². The van der Waals surface area contributed by atoms with Gasteiger partial charge in [-0.1, -0.05) is 32.6 Å². The first kappa shape index (κ1) is 11.4. The molecule has 2 aliphatic carbocycles. The molecule has 0 saturated heterocycles. The van der Waals surface area contributed by atoms with Crippen molar-refractivity contribution in [2.75, 3.05) is 19.6 Å². The average molecular weight is 209 g/mol. The molecule has 2 fully saturated rings. The SMILES string of the molecule is CCN(CC1CCCC1)CC1CCCC1. The molecule has 1 nitrogen and oxygen atoms in total. The molecule has 1 heteroatoms. The first-order chi connectivity index (χ1) is 7.38. The molecule has 0 unspecified atom stereocenters. The highest BCUT2D eigenvalue weighted by atomic mass is 15.1. The lowest BCUT2D eigenvalue weighted by molar-refractivity contribution is 0.208. The Kier molecular flexibility index (Phi) is 4.49. The van der Waals surface area contributed by atoms with Gasteiger partial charge in [-0.25, -0.2) is 0 Å². The molecule has 15 heavy (non-hydrogen) atoms. The third-order valence-corrected chi connectivity index (χ3v) is 4.43. The van der Waals surface area contributed by atoms with Crippen LogP contribution in [0.3, 0.4) is 0 Å². The Labute approximate surface area is 95.2 Å². The first-order valence-corrected chi connectivity index (χ1v) is 7.11. The maximum absolute atomic E-state index is 2.73. The predicted octanol–water partition coefficient (Wildman–Crippen LogP) is 3.69. The number of hydrogen-bond donors (Lipinski definition) is 0. The zero-order valence-corrected chi connectivity index (χ0v) is 10.4. The fourth-order valence-electron chi connectivity index (χ4n) is 3.45. The molecule has 88 valence electrons. The van der Waals surface area contributed by atoms with E-state index in [1.54, 1.807) is 0 Å². The van der Waals surface area contributed by atoms with Crippen LogP contribution in [0, 0.1) is 11.8 Å². The van der Waals surface area contributed by atoms with E-state index in [4.69, 9.17) is 0 Å². The van der Waals surface area contributed by atoms with Crippen molar-refractivity contribution >= 4 is 0 Å². The molecule has 0 aromatic rings. The van der Waals surface area contributed by atoms with Crippen molar-refractivity contribution < 1.29 is 0 Å². The largest absolute Gasteiger partial charge is 0.303 e. The molecule has 0 radical (unpaired) electrons. The molecule has 0 amide bonds. The molecule has 0 aromatic carbocycles. The van der Waals surface area contributed by atoms with E-state index in [1.165, 1.54) is 71.0 Å². The second-order valence-electron chi connectivity index (χ2n) is 5.65. The maximum atomic E-state index is 2.73. The van der Waals surface area contributed by atoms with Gasteiger partial charge in [0.1, 0.15) is 0 Å². The third kappa shape index (κ3) is 3.48. The van der Waals surface area contributed by atoms with E-state index in [2.05, 4.69) is 11.8 Å². The van der Waals surface area contributed by atoms with Crippen molar-refractivity contribution in [3.63, 3.8) is 0 Å². The number of rotatable bonds is 5.